The molecule has 1 aliphatic rings. The van der Waals surface area contributed by atoms with Crippen LogP contribution in [0.15, 0.2) is 36.4 Å². The van der Waals surface area contributed by atoms with Crippen LogP contribution < -0.4 is 10.1 Å². The maximum absolute atomic E-state index is 10.8. The molecule has 19 heavy (non-hydrogen) atoms. The van der Waals surface area contributed by atoms with Gasteiger partial charge in [-0.3, -0.25) is 0 Å². The summed E-state index contributed by atoms with van der Waals surface area (Å²) in [7, 11) is 0. The van der Waals surface area contributed by atoms with Gasteiger partial charge in [-0.25, -0.2) is 4.79 Å². The quantitative estimate of drug-likeness (QED) is 0.900. The smallest absolute Gasteiger partial charge is 0.345 e. The number of carboxylic acid groups (broad SMARTS) is 1. The van der Waals surface area contributed by atoms with Crippen LogP contribution in [-0.4, -0.2) is 17.7 Å². The number of nitrogens with one attached hydrogen (secondary N) is 1. The van der Waals surface area contributed by atoms with Crippen molar-refractivity contribution in [3.05, 3.63) is 51.7 Å². The molecule has 0 spiro atoms. The Morgan fingerprint density at radius 2 is 2.21 bits per heavy atom. The number of rotatable bonds is 4. The lowest BCUT2D eigenvalue weighted by molar-refractivity contribution is 0.0702. The van der Waals surface area contributed by atoms with Gasteiger partial charge in [-0.15, -0.1) is 11.3 Å². The minimum atomic E-state index is -0.870. The maximum atomic E-state index is 10.8. The number of fused-ring (bicyclic) bond motifs is 1. The van der Waals surface area contributed by atoms with Crippen molar-refractivity contribution in [1.29, 1.82) is 0 Å². The molecular formula is C14H13NO3S. The molecule has 4 nitrogen and oxygen atoms in total. The molecule has 2 heterocycles. The second-order valence-electron chi connectivity index (χ2n) is 4.35. The summed E-state index contributed by atoms with van der Waals surface area (Å²) in [6, 6.07) is 11.6. The molecule has 0 saturated carbocycles. The SMILES string of the molecule is O=C(O)c1ccc(CNC2COc3ccccc32)s1. The van der Waals surface area contributed by atoms with Gasteiger partial charge in [0.15, 0.2) is 0 Å². The number of benzene rings is 1. The molecule has 1 aromatic heterocycles. The van der Waals surface area contributed by atoms with E-state index in [0.29, 0.717) is 18.0 Å². The molecule has 3 rings (SSSR count). The fourth-order valence-corrected chi connectivity index (χ4v) is 2.94. The second-order valence-corrected chi connectivity index (χ2v) is 5.52. The lowest BCUT2D eigenvalue weighted by Gasteiger charge is -2.10. The Balaban J connectivity index is 1.65. The Morgan fingerprint density at radius 1 is 1.37 bits per heavy atom. The number of carboxylic acids is 1. The normalized spacial score (nSPS) is 16.9. The van der Waals surface area contributed by atoms with Crippen molar-refractivity contribution >= 4 is 17.3 Å². The number of hydrogen-bond acceptors (Lipinski definition) is 4. The summed E-state index contributed by atoms with van der Waals surface area (Å²) in [5.74, 6) is 0.0585. The summed E-state index contributed by atoms with van der Waals surface area (Å²) in [5, 5.41) is 12.3. The summed E-state index contributed by atoms with van der Waals surface area (Å²) in [6.07, 6.45) is 0. The van der Waals surface area contributed by atoms with Crippen LogP contribution in [0.1, 0.15) is 26.2 Å². The molecule has 2 N–H and O–H groups in total. The molecule has 98 valence electrons. The standard InChI is InChI=1S/C14H13NO3S/c16-14(17)13-6-5-9(19-13)7-15-11-8-18-12-4-2-1-3-10(11)12/h1-6,11,15H,7-8H2,(H,16,17). The van der Waals surface area contributed by atoms with Gasteiger partial charge >= 0.3 is 5.97 Å². The van der Waals surface area contributed by atoms with E-state index < -0.39 is 5.97 Å². The van der Waals surface area contributed by atoms with Gasteiger partial charge in [-0.05, 0) is 18.2 Å². The molecule has 1 aromatic carbocycles. The average molecular weight is 275 g/mol. The van der Waals surface area contributed by atoms with Crippen molar-refractivity contribution in [3.63, 3.8) is 0 Å². The van der Waals surface area contributed by atoms with Crippen LogP contribution in [0.5, 0.6) is 5.75 Å². The van der Waals surface area contributed by atoms with Crippen LogP contribution >= 0.6 is 11.3 Å². The Kier molecular flexibility index (Phi) is 3.23. The van der Waals surface area contributed by atoms with E-state index in [1.165, 1.54) is 11.3 Å². The van der Waals surface area contributed by atoms with E-state index in [-0.39, 0.29) is 6.04 Å². The van der Waals surface area contributed by atoms with Crippen LogP contribution in [0.4, 0.5) is 0 Å². The first kappa shape index (κ1) is 12.2. The number of aromatic carboxylic acids is 1. The van der Waals surface area contributed by atoms with Crippen molar-refractivity contribution in [3.8, 4) is 5.75 Å². The van der Waals surface area contributed by atoms with Gasteiger partial charge in [0.1, 0.15) is 17.2 Å². The summed E-state index contributed by atoms with van der Waals surface area (Å²) >= 11 is 1.30. The van der Waals surface area contributed by atoms with Crippen LogP contribution in [0.25, 0.3) is 0 Å². The van der Waals surface area contributed by atoms with Crippen LogP contribution in [0.3, 0.4) is 0 Å². The first-order valence-electron chi connectivity index (χ1n) is 6.01. The van der Waals surface area contributed by atoms with Gasteiger partial charge in [0, 0.05) is 17.0 Å². The van der Waals surface area contributed by atoms with Crippen LogP contribution in [-0.2, 0) is 6.54 Å². The van der Waals surface area contributed by atoms with E-state index in [2.05, 4.69) is 11.4 Å². The molecule has 0 amide bonds. The largest absolute Gasteiger partial charge is 0.491 e. The summed E-state index contributed by atoms with van der Waals surface area (Å²) in [5.41, 5.74) is 1.16. The van der Waals surface area contributed by atoms with E-state index in [0.717, 1.165) is 16.2 Å². The monoisotopic (exact) mass is 275 g/mol. The van der Waals surface area contributed by atoms with E-state index in [4.69, 9.17) is 9.84 Å². The Bertz CT molecular complexity index is 608. The highest BCUT2D eigenvalue weighted by Gasteiger charge is 2.23. The molecule has 0 bridgehead atoms. The summed E-state index contributed by atoms with van der Waals surface area (Å²) < 4.78 is 5.59. The Morgan fingerprint density at radius 3 is 3.00 bits per heavy atom. The summed E-state index contributed by atoms with van der Waals surface area (Å²) in [6.45, 7) is 1.27. The zero-order valence-corrected chi connectivity index (χ0v) is 10.9. The third-order valence-corrected chi connectivity index (χ3v) is 4.17. The predicted octanol–water partition coefficient (Wildman–Crippen LogP) is 2.67. The zero-order chi connectivity index (χ0) is 13.2. The minimum absolute atomic E-state index is 0.173. The van der Waals surface area contributed by atoms with E-state index in [9.17, 15) is 4.79 Å². The molecule has 1 atom stereocenters. The van der Waals surface area contributed by atoms with Crippen LogP contribution in [0.2, 0.25) is 0 Å². The van der Waals surface area contributed by atoms with Crippen LogP contribution in [0, 0.1) is 0 Å². The fourth-order valence-electron chi connectivity index (χ4n) is 2.14. The number of ether oxygens (including phenoxy) is 1. The molecule has 5 heteroatoms. The second kappa shape index (κ2) is 5.03. The molecule has 1 unspecified atom stereocenters. The lowest BCUT2D eigenvalue weighted by Crippen LogP contribution is -2.21. The highest BCUT2D eigenvalue weighted by molar-refractivity contribution is 7.13. The highest BCUT2D eigenvalue weighted by atomic mass is 32.1. The van der Waals surface area contributed by atoms with Crippen molar-refractivity contribution < 1.29 is 14.6 Å². The van der Waals surface area contributed by atoms with E-state index in [1.54, 1.807) is 6.07 Å². The highest BCUT2D eigenvalue weighted by Crippen LogP contribution is 2.32. The van der Waals surface area contributed by atoms with E-state index in [1.807, 2.05) is 24.3 Å². The average Bonchev–Trinajstić information content (AvgIpc) is 3.03. The Hall–Kier alpha value is -1.85. The lowest BCUT2D eigenvalue weighted by atomic mass is 10.1. The third kappa shape index (κ3) is 2.47. The van der Waals surface area contributed by atoms with Gasteiger partial charge in [0.2, 0.25) is 0 Å². The maximum Gasteiger partial charge on any atom is 0.345 e. The molecular weight excluding hydrogens is 262 g/mol. The molecule has 1 aliphatic heterocycles. The third-order valence-electron chi connectivity index (χ3n) is 3.10. The zero-order valence-electron chi connectivity index (χ0n) is 10.1. The molecule has 0 fully saturated rings. The summed E-state index contributed by atoms with van der Waals surface area (Å²) in [4.78, 5) is 12.2. The molecule has 0 saturated heterocycles. The van der Waals surface area contributed by atoms with Crippen molar-refractivity contribution in [1.82, 2.24) is 5.32 Å². The number of thiophene rings is 1. The van der Waals surface area contributed by atoms with Crippen molar-refractivity contribution in [2.45, 2.75) is 12.6 Å². The van der Waals surface area contributed by atoms with Gasteiger partial charge in [0.05, 0.1) is 6.04 Å². The number of para-hydroxylation sites is 1. The first-order valence-corrected chi connectivity index (χ1v) is 6.83. The predicted molar refractivity (Wildman–Crippen MR) is 72.8 cm³/mol. The first-order chi connectivity index (χ1) is 9.24. The van der Waals surface area contributed by atoms with E-state index >= 15 is 0 Å². The van der Waals surface area contributed by atoms with Gasteiger partial charge in [-0.2, -0.15) is 0 Å². The minimum Gasteiger partial charge on any atom is -0.491 e. The fraction of sp³-hybridized carbons (Fsp3) is 0.214. The topological polar surface area (TPSA) is 58.6 Å². The molecule has 2 aromatic rings. The van der Waals surface area contributed by atoms with Gasteiger partial charge in [0.25, 0.3) is 0 Å². The van der Waals surface area contributed by atoms with Gasteiger partial charge < -0.3 is 15.2 Å². The molecule has 0 aliphatic carbocycles. The van der Waals surface area contributed by atoms with Crippen molar-refractivity contribution in [2.24, 2.45) is 0 Å². The molecule has 0 radical (unpaired) electrons. The number of carbonyl (C=O) groups is 1. The van der Waals surface area contributed by atoms with Gasteiger partial charge in [-0.1, -0.05) is 18.2 Å². The Labute approximate surface area is 114 Å². The number of hydrogen-bond donors (Lipinski definition) is 2. The van der Waals surface area contributed by atoms with Crippen molar-refractivity contribution in [2.75, 3.05) is 6.61 Å².